The normalized spacial score (nSPS) is 13.6. The van der Waals surface area contributed by atoms with E-state index in [0.717, 1.165) is 12.2 Å². The summed E-state index contributed by atoms with van der Waals surface area (Å²) in [6, 6.07) is 2.57. The van der Waals surface area contributed by atoms with Gasteiger partial charge in [0.25, 0.3) is 0 Å². The average Bonchev–Trinajstić information content (AvgIpc) is 2.47. The van der Waals surface area contributed by atoms with Crippen molar-refractivity contribution in [2.45, 2.75) is 40.3 Å². The van der Waals surface area contributed by atoms with Crippen molar-refractivity contribution in [3.8, 4) is 0 Å². The zero-order chi connectivity index (χ0) is 10.7. The highest BCUT2D eigenvalue weighted by atomic mass is 15.3. The van der Waals surface area contributed by atoms with Gasteiger partial charge in [-0.25, -0.2) is 0 Å². The molecule has 0 radical (unpaired) electrons. The standard InChI is InChI=1S/C11H21N3/c1-6-14-10(7-9(4)13-14)11(12-5)8(2)3/h7-8,11-12H,6H2,1-5H3. The van der Waals surface area contributed by atoms with Crippen molar-refractivity contribution in [3.63, 3.8) is 0 Å². The van der Waals surface area contributed by atoms with E-state index >= 15 is 0 Å². The van der Waals surface area contributed by atoms with Gasteiger partial charge >= 0.3 is 0 Å². The van der Waals surface area contributed by atoms with Gasteiger partial charge in [0.2, 0.25) is 0 Å². The minimum atomic E-state index is 0.399. The van der Waals surface area contributed by atoms with Gasteiger partial charge in [-0.3, -0.25) is 4.68 Å². The highest BCUT2D eigenvalue weighted by molar-refractivity contribution is 5.13. The molecule has 0 saturated heterocycles. The summed E-state index contributed by atoms with van der Waals surface area (Å²) in [5, 5.41) is 7.80. The first-order chi connectivity index (χ1) is 6.60. The third-order valence-corrected chi connectivity index (χ3v) is 2.53. The van der Waals surface area contributed by atoms with E-state index in [-0.39, 0.29) is 0 Å². The third kappa shape index (κ3) is 2.15. The Morgan fingerprint density at radius 3 is 2.57 bits per heavy atom. The van der Waals surface area contributed by atoms with Crippen molar-refractivity contribution >= 4 is 0 Å². The lowest BCUT2D eigenvalue weighted by Gasteiger charge is -2.20. The van der Waals surface area contributed by atoms with Crippen LogP contribution in [0.5, 0.6) is 0 Å². The van der Waals surface area contributed by atoms with Crippen LogP contribution in [-0.2, 0) is 6.54 Å². The Balaban J connectivity index is 3.02. The molecule has 1 aromatic heterocycles. The molecule has 3 nitrogen and oxygen atoms in total. The molecule has 0 aliphatic heterocycles. The lowest BCUT2D eigenvalue weighted by molar-refractivity contribution is 0.409. The molecule has 1 heterocycles. The zero-order valence-electron chi connectivity index (χ0n) is 9.83. The van der Waals surface area contributed by atoms with Crippen molar-refractivity contribution in [2.75, 3.05) is 7.05 Å². The molecule has 1 unspecified atom stereocenters. The number of nitrogens with zero attached hydrogens (tertiary/aromatic N) is 2. The summed E-state index contributed by atoms with van der Waals surface area (Å²) in [5.74, 6) is 0.585. The lowest BCUT2D eigenvalue weighted by Crippen LogP contribution is -2.24. The molecule has 0 fully saturated rings. The Kier molecular flexibility index (Phi) is 3.69. The van der Waals surface area contributed by atoms with E-state index in [1.54, 1.807) is 0 Å². The fourth-order valence-electron chi connectivity index (χ4n) is 1.89. The summed E-state index contributed by atoms with van der Waals surface area (Å²) in [4.78, 5) is 0. The summed E-state index contributed by atoms with van der Waals surface area (Å²) in [6.45, 7) is 9.56. The molecule has 1 N–H and O–H groups in total. The predicted molar refractivity (Wildman–Crippen MR) is 59.3 cm³/mol. The molecule has 1 aromatic rings. The van der Waals surface area contributed by atoms with Crippen LogP contribution in [0.15, 0.2) is 6.07 Å². The second kappa shape index (κ2) is 4.60. The molecule has 1 rings (SSSR count). The second-order valence-electron chi connectivity index (χ2n) is 4.04. The smallest absolute Gasteiger partial charge is 0.0597 e. The summed E-state index contributed by atoms with van der Waals surface area (Å²) >= 11 is 0. The van der Waals surface area contributed by atoms with Gasteiger partial charge in [-0.15, -0.1) is 0 Å². The van der Waals surface area contributed by atoms with Gasteiger partial charge < -0.3 is 5.32 Å². The van der Waals surface area contributed by atoms with Crippen molar-refractivity contribution in [1.82, 2.24) is 15.1 Å². The zero-order valence-corrected chi connectivity index (χ0v) is 9.83. The number of rotatable bonds is 4. The molecule has 1 atom stereocenters. The first kappa shape index (κ1) is 11.2. The maximum Gasteiger partial charge on any atom is 0.0597 e. The van der Waals surface area contributed by atoms with Crippen LogP contribution in [0.3, 0.4) is 0 Å². The first-order valence-electron chi connectivity index (χ1n) is 5.31. The summed E-state index contributed by atoms with van der Waals surface area (Å²) < 4.78 is 2.08. The van der Waals surface area contributed by atoms with E-state index in [0.29, 0.717) is 12.0 Å². The van der Waals surface area contributed by atoms with E-state index in [1.165, 1.54) is 5.69 Å². The molecular formula is C11H21N3. The number of hydrogen-bond donors (Lipinski definition) is 1. The Hall–Kier alpha value is -0.830. The van der Waals surface area contributed by atoms with Crippen LogP contribution in [0.25, 0.3) is 0 Å². The molecule has 0 spiro atoms. The van der Waals surface area contributed by atoms with Crippen molar-refractivity contribution in [1.29, 1.82) is 0 Å². The summed E-state index contributed by atoms with van der Waals surface area (Å²) in [5.41, 5.74) is 2.39. The van der Waals surface area contributed by atoms with E-state index < -0.39 is 0 Å². The quantitative estimate of drug-likeness (QED) is 0.797. The van der Waals surface area contributed by atoms with Gasteiger partial charge in [0.1, 0.15) is 0 Å². The van der Waals surface area contributed by atoms with Crippen LogP contribution in [-0.4, -0.2) is 16.8 Å². The summed E-state index contributed by atoms with van der Waals surface area (Å²) in [6.07, 6.45) is 0. The highest BCUT2D eigenvalue weighted by Crippen LogP contribution is 2.21. The van der Waals surface area contributed by atoms with E-state index in [2.05, 4.69) is 41.9 Å². The Morgan fingerprint density at radius 1 is 1.50 bits per heavy atom. The molecule has 80 valence electrons. The molecule has 3 heteroatoms. The van der Waals surface area contributed by atoms with Crippen LogP contribution in [0.1, 0.15) is 38.2 Å². The Bertz CT molecular complexity index is 289. The molecular weight excluding hydrogens is 174 g/mol. The Morgan fingerprint density at radius 2 is 2.14 bits per heavy atom. The van der Waals surface area contributed by atoms with Gasteiger partial charge in [0.15, 0.2) is 0 Å². The van der Waals surface area contributed by atoms with Gasteiger partial charge in [-0.05, 0) is 32.9 Å². The SMILES string of the molecule is CCn1nc(C)cc1C(NC)C(C)C. The molecule has 0 bridgehead atoms. The van der Waals surface area contributed by atoms with Crippen molar-refractivity contribution < 1.29 is 0 Å². The second-order valence-corrected chi connectivity index (χ2v) is 4.04. The van der Waals surface area contributed by atoms with Crippen LogP contribution in [0.4, 0.5) is 0 Å². The minimum Gasteiger partial charge on any atom is -0.312 e. The van der Waals surface area contributed by atoms with Crippen molar-refractivity contribution in [2.24, 2.45) is 5.92 Å². The van der Waals surface area contributed by atoms with Crippen LogP contribution in [0.2, 0.25) is 0 Å². The molecule has 0 amide bonds. The largest absolute Gasteiger partial charge is 0.312 e. The van der Waals surface area contributed by atoms with Gasteiger partial charge in [0.05, 0.1) is 17.4 Å². The molecule has 0 aromatic carbocycles. The minimum absolute atomic E-state index is 0.399. The topological polar surface area (TPSA) is 29.9 Å². The third-order valence-electron chi connectivity index (χ3n) is 2.53. The molecule has 14 heavy (non-hydrogen) atoms. The molecule has 0 saturated carbocycles. The van der Waals surface area contributed by atoms with Gasteiger partial charge in [0, 0.05) is 6.54 Å². The average molecular weight is 195 g/mol. The number of aromatic nitrogens is 2. The van der Waals surface area contributed by atoms with Crippen molar-refractivity contribution in [3.05, 3.63) is 17.5 Å². The van der Waals surface area contributed by atoms with Crippen LogP contribution in [0, 0.1) is 12.8 Å². The van der Waals surface area contributed by atoms with Gasteiger partial charge in [-0.1, -0.05) is 13.8 Å². The van der Waals surface area contributed by atoms with Crippen LogP contribution < -0.4 is 5.32 Å². The molecule has 0 aliphatic rings. The fourth-order valence-corrected chi connectivity index (χ4v) is 1.89. The number of hydrogen-bond acceptors (Lipinski definition) is 2. The Labute approximate surface area is 86.5 Å². The first-order valence-corrected chi connectivity index (χ1v) is 5.31. The summed E-state index contributed by atoms with van der Waals surface area (Å²) in [7, 11) is 2.01. The maximum absolute atomic E-state index is 4.46. The fraction of sp³-hybridized carbons (Fsp3) is 0.727. The lowest BCUT2D eigenvalue weighted by atomic mass is 10.0. The number of nitrogens with one attached hydrogen (secondary N) is 1. The van der Waals surface area contributed by atoms with E-state index in [1.807, 2.05) is 14.0 Å². The maximum atomic E-state index is 4.46. The number of aryl methyl sites for hydroxylation is 2. The molecule has 0 aliphatic carbocycles. The van der Waals surface area contributed by atoms with Gasteiger partial charge in [-0.2, -0.15) is 5.10 Å². The highest BCUT2D eigenvalue weighted by Gasteiger charge is 2.18. The van der Waals surface area contributed by atoms with Crippen LogP contribution >= 0.6 is 0 Å². The monoisotopic (exact) mass is 195 g/mol. The van der Waals surface area contributed by atoms with E-state index in [4.69, 9.17) is 0 Å². The van der Waals surface area contributed by atoms with E-state index in [9.17, 15) is 0 Å². The predicted octanol–water partition coefficient (Wildman–Crippen LogP) is 2.13.